The first kappa shape index (κ1) is 18.7. The molecule has 0 bridgehead atoms. The highest BCUT2D eigenvalue weighted by Gasteiger charge is 2.26. The lowest BCUT2D eigenvalue weighted by atomic mass is 10.2. The zero-order valence-corrected chi connectivity index (χ0v) is 15.6. The summed E-state index contributed by atoms with van der Waals surface area (Å²) in [5, 5.41) is 20.1. The largest absolute Gasteiger partial charge is 0.473 e. The average Bonchev–Trinajstić information content (AvgIpc) is 3.20. The van der Waals surface area contributed by atoms with Gasteiger partial charge in [-0.2, -0.15) is 5.06 Å². The smallest absolute Gasteiger partial charge is 0.414 e. The van der Waals surface area contributed by atoms with E-state index < -0.39 is 11.9 Å². The predicted molar refractivity (Wildman–Crippen MR) is 102 cm³/mol. The zero-order chi connectivity index (χ0) is 19.6. The fraction of sp³-hybridized carbons (Fsp3) is 0.158. The molecule has 0 saturated heterocycles. The summed E-state index contributed by atoms with van der Waals surface area (Å²) in [7, 11) is 4.10. The molecule has 27 heavy (non-hydrogen) atoms. The van der Waals surface area contributed by atoms with Gasteiger partial charge in [-0.1, -0.05) is 18.2 Å². The molecule has 0 spiro atoms. The van der Waals surface area contributed by atoms with Gasteiger partial charge in [-0.05, 0) is 37.7 Å². The summed E-state index contributed by atoms with van der Waals surface area (Å²) in [4.78, 5) is 26.4. The molecule has 4 rings (SSSR count). The maximum absolute atomic E-state index is 9.10. The molecule has 2 aliphatic rings. The number of rotatable bonds is 2. The van der Waals surface area contributed by atoms with Gasteiger partial charge in [-0.3, -0.25) is 0 Å². The van der Waals surface area contributed by atoms with E-state index >= 15 is 0 Å². The highest BCUT2D eigenvalue weighted by atomic mass is 32.1. The third kappa shape index (κ3) is 4.02. The Morgan fingerprint density at radius 3 is 2.48 bits per heavy atom. The van der Waals surface area contributed by atoms with Gasteiger partial charge in [0.25, 0.3) is 0 Å². The van der Waals surface area contributed by atoms with Crippen LogP contribution >= 0.6 is 11.3 Å². The van der Waals surface area contributed by atoms with E-state index in [1.165, 1.54) is 15.3 Å². The van der Waals surface area contributed by atoms with Crippen molar-refractivity contribution in [1.29, 1.82) is 0 Å². The lowest BCUT2D eigenvalue weighted by Crippen LogP contribution is -2.26. The summed E-state index contributed by atoms with van der Waals surface area (Å²) >= 11 is 1.77. The Morgan fingerprint density at radius 1 is 1.11 bits per heavy atom. The van der Waals surface area contributed by atoms with Crippen molar-refractivity contribution in [1.82, 2.24) is 4.90 Å². The van der Waals surface area contributed by atoms with E-state index in [1.807, 2.05) is 5.06 Å². The van der Waals surface area contributed by atoms with Crippen LogP contribution in [-0.4, -0.2) is 47.7 Å². The minimum Gasteiger partial charge on any atom is -0.473 e. The van der Waals surface area contributed by atoms with E-state index in [0.717, 1.165) is 23.7 Å². The Hall–Kier alpha value is -3.10. The second kappa shape index (κ2) is 7.65. The number of carbonyl (C=O) groups is 2. The monoisotopic (exact) mass is 386 g/mol. The Bertz CT molecular complexity index is 1030. The highest BCUT2D eigenvalue weighted by molar-refractivity contribution is 7.07. The summed E-state index contributed by atoms with van der Waals surface area (Å²) in [6.07, 6.45) is 4.39. The number of carboxylic acid groups (broad SMARTS) is 2. The van der Waals surface area contributed by atoms with Gasteiger partial charge in [0.1, 0.15) is 5.76 Å². The number of thiophene rings is 1. The Kier molecular flexibility index (Phi) is 5.29. The minimum atomic E-state index is -1.82. The lowest BCUT2D eigenvalue weighted by molar-refractivity contribution is -0.159. The molecule has 7 nitrogen and oxygen atoms in total. The summed E-state index contributed by atoms with van der Waals surface area (Å²) in [5.74, 6) is -2.67. The van der Waals surface area contributed by atoms with E-state index in [9.17, 15) is 0 Å². The van der Waals surface area contributed by atoms with Crippen molar-refractivity contribution >= 4 is 40.7 Å². The van der Waals surface area contributed by atoms with E-state index in [2.05, 4.69) is 66.9 Å². The average molecular weight is 386 g/mol. The SMILES string of the molecule is CN(C)CC1=CC2=c3ccsc3=Cc3ccccc3N2O1.O=C(O)C(=O)O. The van der Waals surface area contributed by atoms with Crippen LogP contribution in [0.5, 0.6) is 0 Å². The topological polar surface area (TPSA) is 90.3 Å². The molecule has 0 amide bonds. The third-order valence-corrected chi connectivity index (χ3v) is 4.66. The van der Waals surface area contributed by atoms with Crippen LogP contribution in [0.2, 0.25) is 0 Å². The molecule has 0 unspecified atom stereocenters. The summed E-state index contributed by atoms with van der Waals surface area (Å²) < 4.78 is 1.28. The molecule has 3 heterocycles. The van der Waals surface area contributed by atoms with E-state index in [4.69, 9.17) is 24.6 Å². The van der Waals surface area contributed by atoms with Gasteiger partial charge in [0, 0.05) is 21.4 Å². The van der Waals surface area contributed by atoms with Gasteiger partial charge < -0.3 is 20.0 Å². The summed E-state index contributed by atoms with van der Waals surface area (Å²) in [6, 6.07) is 10.5. The second-order valence-corrected chi connectivity index (χ2v) is 7.08. The quantitative estimate of drug-likeness (QED) is 0.746. The molecule has 8 heteroatoms. The van der Waals surface area contributed by atoms with E-state index in [-0.39, 0.29) is 0 Å². The molecule has 140 valence electrons. The maximum Gasteiger partial charge on any atom is 0.414 e. The lowest BCUT2D eigenvalue weighted by Gasteiger charge is -2.21. The fourth-order valence-corrected chi connectivity index (χ4v) is 3.58. The van der Waals surface area contributed by atoms with Gasteiger partial charge in [-0.15, -0.1) is 11.3 Å². The Labute approximate surface area is 159 Å². The number of hydrogen-bond acceptors (Lipinski definition) is 6. The van der Waals surface area contributed by atoms with Gasteiger partial charge in [0.15, 0.2) is 0 Å². The molecular formula is C19H18N2O5S. The van der Waals surface area contributed by atoms with Gasteiger partial charge in [0.2, 0.25) is 0 Å². The number of hydrogen-bond donors (Lipinski definition) is 2. The molecule has 0 radical (unpaired) electrons. The van der Waals surface area contributed by atoms with Crippen molar-refractivity contribution in [2.75, 3.05) is 25.7 Å². The third-order valence-electron chi connectivity index (χ3n) is 3.79. The van der Waals surface area contributed by atoms with E-state index in [0.29, 0.717) is 0 Å². The summed E-state index contributed by atoms with van der Waals surface area (Å²) in [6.45, 7) is 0.797. The van der Waals surface area contributed by atoms with Crippen LogP contribution in [0.1, 0.15) is 5.56 Å². The molecule has 0 saturated carbocycles. The number of para-hydroxylation sites is 1. The fourth-order valence-electron chi connectivity index (χ4n) is 2.74. The number of likely N-dealkylation sites (N-methyl/N-ethyl adjacent to an activating group) is 1. The molecule has 0 fully saturated rings. The number of benzene rings is 1. The van der Waals surface area contributed by atoms with Crippen LogP contribution in [0, 0.1) is 0 Å². The van der Waals surface area contributed by atoms with Gasteiger partial charge >= 0.3 is 11.9 Å². The van der Waals surface area contributed by atoms with Crippen LogP contribution in [0.25, 0.3) is 11.8 Å². The predicted octanol–water partition coefficient (Wildman–Crippen LogP) is 1.05. The molecule has 1 aromatic heterocycles. The van der Waals surface area contributed by atoms with Gasteiger partial charge in [-0.25, -0.2) is 9.59 Å². The molecule has 2 N–H and O–H groups in total. The first-order chi connectivity index (χ1) is 12.9. The minimum absolute atomic E-state index is 0.797. The zero-order valence-electron chi connectivity index (χ0n) is 14.7. The molecule has 0 atom stereocenters. The van der Waals surface area contributed by atoms with Crippen molar-refractivity contribution in [3.05, 3.63) is 62.9 Å². The molecule has 1 aromatic carbocycles. The van der Waals surface area contributed by atoms with Crippen LogP contribution in [0.3, 0.4) is 0 Å². The van der Waals surface area contributed by atoms with Crippen LogP contribution in [0.4, 0.5) is 5.69 Å². The van der Waals surface area contributed by atoms with Crippen LogP contribution in [-0.2, 0) is 14.4 Å². The number of hydroxylamine groups is 1. The number of aliphatic carboxylic acids is 2. The normalized spacial score (nSPS) is 13.8. The van der Waals surface area contributed by atoms with Crippen molar-refractivity contribution in [3.8, 4) is 0 Å². The Morgan fingerprint density at radius 2 is 1.81 bits per heavy atom. The highest BCUT2D eigenvalue weighted by Crippen LogP contribution is 2.33. The molecule has 0 aliphatic carbocycles. The molecule has 2 aliphatic heterocycles. The Balaban J connectivity index is 0.000000307. The standard InChI is InChI=1S/C17H16N2OS.C2H2O4/c1-18(2)11-13-10-16-14-7-8-21-17(14)9-12-5-3-4-6-15(12)19(16)20-13;3-1(4)2(5)6/h3-10H,11H2,1-2H3;(H,3,4)(H,5,6). The van der Waals surface area contributed by atoms with Crippen molar-refractivity contribution in [2.45, 2.75) is 0 Å². The van der Waals surface area contributed by atoms with Crippen LogP contribution in [0.15, 0.2) is 47.5 Å². The number of anilines is 1. The number of nitrogens with zero attached hydrogens (tertiary/aromatic N) is 2. The van der Waals surface area contributed by atoms with E-state index in [1.54, 1.807) is 11.3 Å². The molecular weight excluding hydrogens is 368 g/mol. The van der Waals surface area contributed by atoms with Crippen LogP contribution < -0.4 is 14.8 Å². The number of fused-ring (bicyclic) bond motifs is 4. The molecule has 2 aromatic rings. The first-order valence-corrected chi connectivity index (χ1v) is 8.93. The second-order valence-electron chi connectivity index (χ2n) is 6.13. The van der Waals surface area contributed by atoms with Crippen molar-refractivity contribution in [2.24, 2.45) is 0 Å². The van der Waals surface area contributed by atoms with Gasteiger partial charge in [0.05, 0.1) is 17.9 Å². The number of carboxylic acids is 2. The van der Waals surface area contributed by atoms with Crippen molar-refractivity contribution in [3.63, 3.8) is 0 Å². The van der Waals surface area contributed by atoms with Crippen molar-refractivity contribution < 1.29 is 24.6 Å². The summed E-state index contributed by atoms with van der Waals surface area (Å²) in [5.41, 5.74) is 3.42. The first-order valence-electron chi connectivity index (χ1n) is 8.05. The maximum atomic E-state index is 9.10.